The number of aryl methyl sites for hydroxylation is 1. The maximum Gasteiger partial charge on any atom is 0.111 e. The maximum atomic E-state index is 5.50. The first-order valence-electron chi connectivity index (χ1n) is 4.10. The summed E-state index contributed by atoms with van der Waals surface area (Å²) in [6.07, 6.45) is 2.02. The first-order valence-corrected chi connectivity index (χ1v) is 4.10. The first kappa shape index (κ1) is 7.70. The molecule has 5 heteroatoms. The Balaban J connectivity index is 2.10. The van der Waals surface area contributed by atoms with Crippen LogP contribution in [0.5, 0.6) is 0 Å². The summed E-state index contributed by atoms with van der Waals surface area (Å²) in [5, 5.41) is 10.6. The van der Waals surface area contributed by atoms with Crippen molar-refractivity contribution in [1.82, 2.24) is 15.4 Å². The predicted octanol–water partition coefficient (Wildman–Crippen LogP) is -0.405. The van der Waals surface area contributed by atoms with E-state index in [0.717, 1.165) is 24.2 Å². The topological polar surface area (TPSA) is 76.8 Å². The van der Waals surface area contributed by atoms with Crippen LogP contribution in [-0.4, -0.2) is 28.1 Å². The number of rotatable bonds is 1. The third-order valence-corrected chi connectivity index (χ3v) is 2.12. The molecular weight excluding hydrogens is 156 g/mol. The number of aromatic amines is 1. The molecule has 2 rings (SSSR count). The van der Waals surface area contributed by atoms with Crippen molar-refractivity contribution in [2.75, 3.05) is 6.54 Å². The van der Waals surface area contributed by atoms with Crippen molar-refractivity contribution in [3.05, 3.63) is 11.4 Å². The zero-order valence-electron chi connectivity index (χ0n) is 6.79. The molecule has 0 saturated carbocycles. The van der Waals surface area contributed by atoms with E-state index in [-0.39, 0.29) is 6.10 Å². The molecule has 0 bridgehead atoms. The van der Waals surface area contributed by atoms with Crippen molar-refractivity contribution in [1.29, 1.82) is 0 Å². The largest absolute Gasteiger partial charge is 0.370 e. The molecule has 66 valence electrons. The lowest BCUT2D eigenvalue weighted by molar-refractivity contribution is 0.0448. The molecule has 1 aliphatic rings. The summed E-state index contributed by atoms with van der Waals surface area (Å²) in [7, 11) is 0. The number of H-pyrrole nitrogens is 1. The standard InChI is InChI=1S/C7H12N4O/c8-3-5-1-2-6-7(4-12-5)10-11-9-6/h5H,1-4,8H2,(H,9,10,11). The van der Waals surface area contributed by atoms with Crippen LogP contribution in [0, 0.1) is 0 Å². The number of nitrogens with two attached hydrogens (primary N) is 1. The SMILES string of the molecule is NCC1CCc2n[nH]nc2CO1. The van der Waals surface area contributed by atoms with Gasteiger partial charge in [0.25, 0.3) is 0 Å². The van der Waals surface area contributed by atoms with Crippen molar-refractivity contribution < 1.29 is 4.74 Å². The van der Waals surface area contributed by atoms with Crippen molar-refractivity contribution in [3.8, 4) is 0 Å². The first-order chi connectivity index (χ1) is 5.90. The Labute approximate surface area is 70.3 Å². The number of hydrogen-bond donors (Lipinski definition) is 2. The van der Waals surface area contributed by atoms with E-state index >= 15 is 0 Å². The average molecular weight is 168 g/mol. The van der Waals surface area contributed by atoms with Gasteiger partial charge in [-0.25, -0.2) is 0 Å². The van der Waals surface area contributed by atoms with Crippen molar-refractivity contribution >= 4 is 0 Å². The molecule has 1 aromatic heterocycles. The van der Waals surface area contributed by atoms with Gasteiger partial charge < -0.3 is 10.5 Å². The molecule has 1 unspecified atom stereocenters. The molecule has 0 radical (unpaired) electrons. The Bertz CT molecular complexity index is 237. The fraction of sp³-hybridized carbons (Fsp3) is 0.714. The third kappa shape index (κ3) is 1.33. The Hall–Kier alpha value is -0.940. The highest BCUT2D eigenvalue weighted by Crippen LogP contribution is 2.14. The molecule has 1 atom stereocenters. The molecule has 2 heterocycles. The molecule has 0 fully saturated rings. The molecule has 0 aliphatic carbocycles. The minimum atomic E-state index is 0.168. The van der Waals surface area contributed by atoms with Crippen LogP contribution in [0.1, 0.15) is 17.8 Å². The normalized spacial score (nSPS) is 23.2. The molecule has 1 aliphatic heterocycles. The van der Waals surface area contributed by atoms with Gasteiger partial charge in [0.05, 0.1) is 18.4 Å². The van der Waals surface area contributed by atoms with E-state index in [1.807, 2.05) is 0 Å². The van der Waals surface area contributed by atoms with Gasteiger partial charge in [0, 0.05) is 6.54 Å². The van der Waals surface area contributed by atoms with Crippen LogP contribution in [0.4, 0.5) is 0 Å². The lowest BCUT2D eigenvalue weighted by Crippen LogP contribution is -2.22. The van der Waals surface area contributed by atoms with Crippen LogP contribution < -0.4 is 5.73 Å². The summed E-state index contributed by atoms with van der Waals surface area (Å²) in [5.74, 6) is 0. The van der Waals surface area contributed by atoms with Crippen molar-refractivity contribution in [3.63, 3.8) is 0 Å². The fourth-order valence-corrected chi connectivity index (χ4v) is 1.35. The Morgan fingerprint density at radius 2 is 2.33 bits per heavy atom. The lowest BCUT2D eigenvalue weighted by atomic mass is 10.1. The second-order valence-corrected chi connectivity index (χ2v) is 2.92. The van der Waals surface area contributed by atoms with Crippen molar-refractivity contribution in [2.45, 2.75) is 25.6 Å². The van der Waals surface area contributed by atoms with E-state index in [4.69, 9.17) is 10.5 Å². The highest BCUT2D eigenvalue weighted by Gasteiger charge is 2.17. The van der Waals surface area contributed by atoms with Crippen LogP contribution in [0.25, 0.3) is 0 Å². The summed E-state index contributed by atoms with van der Waals surface area (Å²) in [6.45, 7) is 1.11. The molecule has 5 nitrogen and oxygen atoms in total. The summed E-state index contributed by atoms with van der Waals surface area (Å²) in [4.78, 5) is 0. The molecular formula is C7H12N4O. The van der Waals surface area contributed by atoms with E-state index < -0.39 is 0 Å². The highest BCUT2D eigenvalue weighted by molar-refractivity contribution is 5.08. The Kier molecular flexibility index (Phi) is 2.05. The fourth-order valence-electron chi connectivity index (χ4n) is 1.35. The number of nitrogens with zero attached hydrogens (tertiary/aromatic N) is 2. The molecule has 0 saturated heterocycles. The van der Waals surface area contributed by atoms with Gasteiger partial charge in [-0.15, -0.1) is 0 Å². The van der Waals surface area contributed by atoms with Gasteiger partial charge in [0.15, 0.2) is 0 Å². The minimum absolute atomic E-state index is 0.168. The number of ether oxygens (including phenoxy) is 1. The average Bonchev–Trinajstić information content (AvgIpc) is 2.46. The summed E-state index contributed by atoms with van der Waals surface area (Å²) in [5.41, 5.74) is 7.44. The van der Waals surface area contributed by atoms with E-state index in [1.54, 1.807) is 0 Å². The van der Waals surface area contributed by atoms with E-state index in [0.29, 0.717) is 13.2 Å². The Morgan fingerprint density at radius 1 is 1.50 bits per heavy atom. The number of hydrogen-bond acceptors (Lipinski definition) is 4. The van der Waals surface area contributed by atoms with Gasteiger partial charge in [-0.05, 0) is 12.8 Å². The minimum Gasteiger partial charge on any atom is -0.370 e. The van der Waals surface area contributed by atoms with Gasteiger partial charge in [0.2, 0.25) is 0 Å². The van der Waals surface area contributed by atoms with Gasteiger partial charge in [-0.2, -0.15) is 15.4 Å². The maximum absolute atomic E-state index is 5.50. The summed E-state index contributed by atoms with van der Waals surface area (Å²) < 4.78 is 5.49. The van der Waals surface area contributed by atoms with Crippen LogP contribution >= 0.6 is 0 Å². The monoisotopic (exact) mass is 168 g/mol. The Morgan fingerprint density at radius 3 is 3.17 bits per heavy atom. The molecule has 0 aromatic carbocycles. The molecule has 0 amide bonds. The summed E-state index contributed by atoms with van der Waals surface area (Å²) in [6, 6.07) is 0. The zero-order chi connectivity index (χ0) is 8.39. The highest BCUT2D eigenvalue weighted by atomic mass is 16.5. The predicted molar refractivity (Wildman–Crippen MR) is 42.3 cm³/mol. The van der Waals surface area contributed by atoms with E-state index in [1.165, 1.54) is 0 Å². The molecule has 12 heavy (non-hydrogen) atoms. The van der Waals surface area contributed by atoms with Gasteiger partial charge in [0.1, 0.15) is 5.69 Å². The third-order valence-electron chi connectivity index (χ3n) is 2.12. The van der Waals surface area contributed by atoms with E-state index in [2.05, 4.69) is 15.4 Å². The zero-order valence-corrected chi connectivity index (χ0v) is 6.79. The van der Waals surface area contributed by atoms with Crippen LogP contribution in [0.3, 0.4) is 0 Å². The second-order valence-electron chi connectivity index (χ2n) is 2.92. The molecule has 3 N–H and O–H groups in total. The quantitative estimate of drug-likeness (QED) is 0.598. The van der Waals surface area contributed by atoms with Crippen molar-refractivity contribution in [2.24, 2.45) is 5.73 Å². The second kappa shape index (κ2) is 3.20. The molecule has 0 spiro atoms. The van der Waals surface area contributed by atoms with Crippen LogP contribution in [0.15, 0.2) is 0 Å². The smallest absolute Gasteiger partial charge is 0.111 e. The number of aromatic nitrogens is 3. The van der Waals surface area contributed by atoms with Crippen LogP contribution in [0.2, 0.25) is 0 Å². The number of fused-ring (bicyclic) bond motifs is 1. The summed E-state index contributed by atoms with van der Waals surface area (Å²) >= 11 is 0. The number of nitrogens with one attached hydrogen (secondary N) is 1. The van der Waals surface area contributed by atoms with Crippen LogP contribution in [-0.2, 0) is 17.8 Å². The van der Waals surface area contributed by atoms with E-state index in [9.17, 15) is 0 Å². The lowest BCUT2D eigenvalue weighted by Gasteiger charge is -2.10. The molecule has 1 aromatic rings. The van der Waals surface area contributed by atoms with Gasteiger partial charge >= 0.3 is 0 Å². The van der Waals surface area contributed by atoms with Gasteiger partial charge in [-0.1, -0.05) is 0 Å². The van der Waals surface area contributed by atoms with Gasteiger partial charge in [-0.3, -0.25) is 0 Å².